The van der Waals surface area contributed by atoms with Crippen molar-refractivity contribution in [3.05, 3.63) is 35.4 Å². The summed E-state index contributed by atoms with van der Waals surface area (Å²) in [4.78, 5) is 24.6. The second-order valence-corrected chi connectivity index (χ2v) is 6.21. The molecule has 1 aromatic rings. The van der Waals surface area contributed by atoms with Gasteiger partial charge in [-0.25, -0.2) is 8.78 Å². The highest BCUT2D eigenvalue weighted by molar-refractivity contribution is 6.01. The first-order chi connectivity index (χ1) is 10.3. The van der Waals surface area contributed by atoms with Crippen LogP contribution in [0.25, 0.3) is 0 Å². The molecule has 120 valence electrons. The van der Waals surface area contributed by atoms with E-state index in [1.165, 1.54) is 6.07 Å². The van der Waals surface area contributed by atoms with Crippen LogP contribution < -0.4 is 0 Å². The largest absolute Gasteiger partial charge is 0.465 e. The van der Waals surface area contributed by atoms with Crippen LogP contribution in [0, 0.1) is 23.5 Å². The third kappa shape index (κ3) is 2.89. The van der Waals surface area contributed by atoms with Gasteiger partial charge in [0.2, 0.25) is 0 Å². The molecule has 1 aromatic carbocycles. The Morgan fingerprint density at radius 2 is 2.05 bits per heavy atom. The van der Waals surface area contributed by atoms with E-state index in [1.54, 1.807) is 13.8 Å². The third-order valence-corrected chi connectivity index (χ3v) is 4.38. The zero-order chi connectivity index (χ0) is 16.5. The zero-order valence-electron chi connectivity index (χ0n) is 13.0. The molecule has 3 nitrogen and oxygen atoms in total. The van der Waals surface area contributed by atoms with Crippen molar-refractivity contribution in [2.45, 2.75) is 39.0 Å². The average Bonchev–Trinajstić information content (AvgIpc) is 2.40. The number of carbonyl (C=O) groups excluding carboxylic acids is 2. The maximum Gasteiger partial charge on any atom is 0.317 e. The van der Waals surface area contributed by atoms with Crippen LogP contribution in [-0.4, -0.2) is 18.4 Å². The van der Waals surface area contributed by atoms with Gasteiger partial charge in [0.05, 0.1) is 6.61 Å². The molecule has 0 heterocycles. The van der Waals surface area contributed by atoms with E-state index >= 15 is 0 Å². The number of rotatable bonds is 3. The number of hydrogen-bond donors (Lipinski definition) is 0. The summed E-state index contributed by atoms with van der Waals surface area (Å²) in [6, 6.07) is 3.55. The van der Waals surface area contributed by atoms with Crippen LogP contribution in [0.5, 0.6) is 0 Å². The lowest BCUT2D eigenvalue weighted by atomic mass is 9.60. The number of Topliss-reactive ketones (excluding diaryl/α,β-unsaturated/α-hetero) is 1. The minimum absolute atomic E-state index is 0.0660. The van der Waals surface area contributed by atoms with Crippen molar-refractivity contribution in [2.75, 3.05) is 6.61 Å². The smallest absolute Gasteiger partial charge is 0.317 e. The predicted octanol–water partition coefficient (Wildman–Crippen LogP) is 3.40. The molecule has 3 atom stereocenters. The van der Waals surface area contributed by atoms with Crippen molar-refractivity contribution in [1.29, 1.82) is 0 Å². The quantitative estimate of drug-likeness (QED) is 0.635. The Balaban J connectivity index is 2.50. The van der Waals surface area contributed by atoms with Crippen LogP contribution in [0.1, 0.15) is 39.2 Å². The number of benzene rings is 1. The van der Waals surface area contributed by atoms with Crippen molar-refractivity contribution >= 4 is 11.8 Å². The summed E-state index contributed by atoms with van der Waals surface area (Å²) < 4.78 is 31.8. The van der Waals surface area contributed by atoms with Crippen LogP contribution in [-0.2, 0) is 19.7 Å². The summed E-state index contributed by atoms with van der Waals surface area (Å²) in [5.74, 6) is -3.64. The highest BCUT2D eigenvalue weighted by atomic mass is 19.2. The van der Waals surface area contributed by atoms with Crippen LogP contribution in [0.15, 0.2) is 18.2 Å². The lowest BCUT2D eigenvalue weighted by molar-refractivity contribution is -0.157. The molecular formula is C17H20F2O3. The van der Waals surface area contributed by atoms with Gasteiger partial charge in [-0.1, -0.05) is 19.9 Å². The number of esters is 1. The van der Waals surface area contributed by atoms with E-state index in [4.69, 9.17) is 4.74 Å². The van der Waals surface area contributed by atoms with E-state index < -0.39 is 28.9 Å². The first kappa shape index (κ1) is 16.6. The van der Waals surface area contributed by atoms with Gasteiger partial charge in [0.15, 0.2) is 11.6 Å². The monoisotopic (exact) mass is 310 g/mol. The van der Waals surface area contributed by atoms with Crippen molar-refractivity contribution in [3.8, 4) is 0 Å². The first-order valence-corrected chi connectivity index (χ1v) is 7.44. The van der Waals surface area contributed by atoms with E-state index in [-0.39, 0.29) is 18.3 Å². The van der Waals surface area contributed by atoms with Gasteiger partial charge in [0.1, 0.15) is 11.7 Å². The lowest BCUT2D eigenvalue weighted by Gasteiger charge is -2.42. The second-order valence-electron chi connectivity index (χ2n) is 6.21. The second kappa shape index (κ2) is 6.15. The van der Waals surface area contributed by atoms with Crippen molar-refractivity contribution in [2.24, 2.45) is 11.8 Å². The standard InChI is InChI=1S/C17H20F2O3/c1-4-22-16(21)15-14(20)7-10(2)9-17(15,3)11-5-6-12(18)13(19)8-11/h5-6,8,10,15H,4,7,9H2,1-3H3. The molecule has 1 fully saturated rings. The van der Waals surface area contributed by atoms with Crippen LogP contribution >= 0.6 is 0 Å². The molecule has 0 amide bonds. The van der Waals surface area contributed by atoms with Crippen LogP contribution in [0.3, 0.4) is 0 Å². The molecule has 0 bridgehead atoms. The lowest BCUT2D eigenvalue weighted by Crippen LogP contribution is -2.48. The number of ether oxygens (including phenoxy) is 1. The number of halogens is 2. The third-order valence-electron chi connectivity index (χ3n) is 4.38. The fourth-order valence-electron chi connectivity index (χ4n) is 3.48. The molecule has 5 heteroatoms. The minimum Gasteiger partial charge on any atom is -0.465 e. The Morgan fingerprint density at radius 3 is 2.64 bits per heavy atom. The van der Waals surface area contributed by atoms with Crippen molar-refractivity contribution < 1.29 is 23.1 Å². The normalized spacial score (nSPS) is 28.5. The Labute approximate surface area is 128 Å². The minimum atomic E-state index is -0.980. The fourth-order valence-corrected chi connectivity index (χ4v) is 3.48. The van der Waals surface area contributed by atoms with Gasteiger partial charge in [0, 0.05) is 11.8 Å². The van der Waals surface area contributed by atoms with Crippen LogP contribution in [0.4, 0.5) is 8.78 Å². The molecule has 1 aliphatic carbocycles. The molecule has 1 saturated carbocycles. The van der Waals surface area contributed by atoms with Gasteiger partial charge in [0.25, 0.3) is 0 Å². The summed E-state index contributed by atoms with van der Waals surface area (Å²) in [5, 5.41) is 0. The van der Waals surface area contributed by atoms with Crippen molar-refractivity contribution in [3.63, 3.8) is 0 Å². The number of carbonyl (C=O) groups is 2. The van der Waals surface area contributed by atoms with Gasteiger partial charge in [-0.15, -0.1) is 0 Å². The molecule has 0 aliphatic heterocycles. The topological polar surface area (TPSA) is 43.4 Å². The first-order valence-electron chi connectivity index (χ1n) is 7.44. The predicted molar refractivity (Wildman–Crippen MR) is 77.2 cm³/mol. The molecule has 3 unspecified atom stereocenters. The molecular weight excluding hydrogens is 290 g/mol. The van der Waals surface area contributed by atoms with E-state index in [9.17, 15) is 18.4 Å². The summed E-state index contributed by atoms with van der Waals surface area (Å²) in [5.41, 5.74) is -0.445. The van der Waals surface area contributed by atoms with E-state index in [2.05, 4.69) is 0 Å². The summed E-state index contributed by atoms with van der Waals surface area (Å²) >= 11 is 0. The molecule has 0 aromatic heterocycles. The average molecular weight is 310 g/mol. The molecule has 1 aliphatic rings. The SMILES string of the molecule is CCOC(=O)C1C(=O)CC(C)CC1(C)c1ccc(F)c(F)c1. The number of ketones is 1. The molecule has 0 saturated heterocycles. The van der Waals surface area contributed by atoms with E-state index in [1.807, 2.05) is 6.92 Å². The van der Waals surface area contributed by atoms with Crippen molar-refractivity contribution in [1.82, 2.24) is 0 Å². The number of hydrogen-bond acceptors (Lipinski definition) is 3. The van der Waals surface area contributed by atoms with Gasteiger partial charge in [-0.3, -0.25) is 9.59 Å². The summed E-state index contributed by atoms with van der Waals surface area (Å²) in [6.45, 7) is 5.50. The Bertz CT molecular complexity index is 592. The molecule has 0 spiro atoms. The molecule has 0 radical (unpaired) electrons. The maximum absolute atomic E-state index is 13.6. The van der Waals surface area contributed by atoms with E-state index in [0.29, 0.717) is 18.4 Å². The Kier molecular flexibility index (Phi) is 4.63. The summed E-state index contributed by atoms with van der Waals surface area (Å²) in [7, 11) is 0. The van der Waals surface area contributed by atoms with Gasteiger partial charge >= 0.3 is 5.97 Å². The van der Waals surface area contributed by atoms with Gasteiger partial charge in [-0.2, -0.15) is 0 Å². The molecule has 0 N–H and O–H groups in total. The maximum atomic E-state index is 13.6. The van der Waals surface area contributed by atoms with E-state index in [0.717, 1.165) is 12.1 Å². The zero-order valence-corrected chi connectivity index (χ0v) is 13.0. The summed E-state index contributed by atoms with van der Waals surface area (Å²) in [6.07, 6.45) is 0.829. The molecule has 22 heavy (non-hydrogen) atoms. The van der Waals surface area contributed by atoms with Gasteiger partial charge < -0.3 is 4.74 Å². The van der Waals surface area contributed by atoms with Crippen LogP contribution in [0.2, 0.25) is 0 Å². The fraction of sp³-hybridized carbons (Fsp3) is 0.529. The highest BCUT2D eigenvalue weighted by Gasteiger charge is 2.50. The Morgan fingerprint density at radius 1 is 1.36 bits per heavy atom. The molecule has 2 rings (SSSR count). The highest BCUT2D eigenvalue weighted by Crippen LogP contribution is 2.45. The Hall–Kier alpha value is -1.78. The van der Waals surface area contributed by atoms with Gasteiger partial charge in [-0.05, 0) is 37.0 Å².